The number of nitrogens with two attached hydrogens (primary N) is 1. The lowest BCUT2D eigenvalue weighted by molar-refractivity contribution is 0.344. The van der Waals surface area contributed by atoms with Gasteiger partial charge in [-0.25, -0.2) is 0 Å². The number of hydrogen-bond donors (Lipinski definition) is 3. The van der Waals surface area contributed by atoms with E-state index in [1.807, 2.05) is 0 Å². The summed E-state index contributed by atoms with van der Waals surface area (Å²) in [4.78, 5) is 0. The van der Waals surface area contributed by atoms with Crippen LogP contribution in [0.4, 0.5) is 0 Å². The molecule has 1 fully saturated rings. The van der Waals surface area contributed by atoms with E-state index in [-0.39, 0.29) is 0 Å². The molecule has 0 aromatic carbocycles. The molecular weight excluding hydrogens is 114 g/mol. The Morgan fingerprint density at radius 1 is 1.44 bits per heavy atom. The molecule has 0 saturated carbocycles. The highest BCUT2D eigenvalue weighted by molar-refractivity contribution is 4.83. The maximum Gasteiger partial charge on any atom is 0.0342 e. The van der Waals surface area contributed by atoms with Gasteiger partial charge in [-0.05, 0) is 6.92 Å². The van der Waals surface area contributed by atoms with Crippen LogP contribution in [-0.4, -0.2) is 31.7 Å². The first-order valence-corrected chi connectivity index (χ1v) is 3.51. The minimum Gasteiger partial charge on any atom is -0.329 e. The van der Waals surface area contributed by atoms with E-state index in [9.17, 15) is 0 Å². The summed E-state index contributed by atoms with van der Waals surface area (Å²) >= 11 is 0. The molecule has 0 spiro atoms. The van der Waals surface area contributed by atoms with Crippen molar-refractivity contribution in [3.8, 4) is 0 Å². The Bertz CT molecular complexity index is 84.4. The Morgan fingerprint density at radius 3 is 2.56 bits per heavy atom. The lowest BCUT2D eigenvalue weighted by Gasteiger charge is -2.29. The summed E-state index contributed by atoms with van der Waals surface area (Å²) in [6.07, 6.45) is 0. The largest absolute Gasteiger partial charge is 0.329 e. The fourth-order valence-electron chi connectivity index (χ4n) is 1.16. The Hall–Kier alpha value is -0.120. The number of rotatable bonds is 1. The lowest BCUT2D eigenvalue weighted by Crippen LogP contribution is -2.57. The van der Waals surface area contributed by atoms with E-state index in [0.29, 0.717) is 12.1 Å². The summed E-state index contributed by atoms with van der Waals surface area (Å²) in [6, 6.07) is 1.00. The molecule has 0 radical (unpaired) electrons. The van der Waals surface area contributed by atoms with E-state index in [4.69, 9.17) is 5.73 Å². The molecule has 1 aliphatic rings. The van der Waals surface area contributed by atoms with Gasteiger partial charge in [0.2, 0.25) is 0 Å². The number of piperazine rings is 1. The van der Waals surface area contributed by atoms with Crippen LogP contribution in [0, 0.1) is 0 Å². The van der Waals surface area contributed by atoms with Gasteiger partial charge in [0.25, 0.3) is 0 Å². The normalized spacial score (nSPS) is 36.7. The van der Waals surface area contributed by atoms with Gasteiger partial charge < -0.3 is 16.4 Å². The Morgan fingerprint density at radius 2 is 2.11 bits per heavy atom. The van der Waals surface area contributed by atoms with Gasteiger partial charge in [0.15, 0.2) is 0 Å². The minimum atomic E-state index is 0.471. The van der Waals surface area contributed by atoms with Crippen molar-refractivity contribution < 1.29 is 0 Å². The maximum absolute atomic E-state index is 5.49. The van der Waals surface area contributed by atoms with Crippen LogP contribution in [0.1, 0.15) is 6.92 Å². The first kappa shape index (κ1) is 6.99. The second kappa shape index (κ2) is 3.15. The first-order valence-electron chi connectivity index (χ1n) is 3.51. The third-order valence-corrected chi connectivity index (χ3v) is 1.86. The molecule has 0 bridgehead atoms. The summed E-state index contributed by atoms with van der Waals surface area (Å²) < 4.78 is 0. The fourth-order valence-corrected chi connectivity index (χ4v) is 1.16. The lowest BCUT2D eigenvalue weighted by atomic mass is 10.1. The van der Waals surface area contributed by atoms with E-state index in [1.54, 1.807) is 0 Å². The van der Waals surface area contributed by atoms with Crippen molar-refractivity contribution in [1.29, 1.82) is 0 Å². The van der Waals surface area contributed by atoms with Gasteiger partial charge in [-0.3, -0.25) is 0 Å². The molecule has 3 heteroatoms. The number of nitrogens with one attached hydrogen (secondary N) is 2. The van der Waals surface area contributed by atoms with Gasteiger partial charge in [-0.2, -0.15) is 0 Å². The zero-order chi connectivity index (χ0) is 6.69. The summed E-state index contributed by atoms with van der Waals surface area (Å²) in [7, 11) is 0. The van der Waals surface area contributed by atoms with Crippen molar-refractivity contribution in [2.45, 2.75) is 19.0 Å². The maximum atomic E-state index is 5.49. The van der Waals surface area contributed by atoms with Crippen LogP contribution in [-0.2, 0) is 0 Å². The van der Waals surface area contributed by atoms with Crippen molar-refractivity contribution in [1.82, 2.24) is 10.6 Å². The zero-order valence-electron chi connectivity index (χ0n) is 5.85. The topological polar surface area (TPSA) is 50.1 Å². The smallest absolute Gasteiger partial charge is 0.0342 e. The van der Waals surface area contributed by atoms with Crippen molar-refractivity contribution >= 4 is 0 Å². The Balaban J connectivity index is 2.30. The summed E-state index contributed by atoms with van der Waals surface area (Å²) in [5, 5.41) is 6.67. The second-order valence-electron chi connectivity index (χ2n) is 2.54. The summed E-state index contributed by atoms with van der Waals surface area (Å²) in [5.41, 5.74) is 5.49. The summed E-state index contributed by atoms with van der Waals surface area (Å²) in [6.45, 7) is 5.00. The average molecular weight is 129 g/mol. The predicted octanol–water partition coefficient (Wildman–Crippen LogP) is -1.10. The van der Waals surface area contributed by atoms with Gasteiger partial charge >= 0.3 is 0 Å². The average Bonchev–Trinajstić information content (AvgIpc) is 1.89. The third-order valence-electron chi connectivity index (χ3n) is 1.86. The van der Waals surface area contributed by atoms with Crippen LogP contribution >= 0.6 is 0 Å². The van der Waals surface area contributed by atoms with E-state index in [2.05, 4.69) is 17.6 Å². The molecule has 0 amide bonds. The molecule has 2 atom stereocenters. The monoisotopic (exact) mass is 129 g/mol. The van der Waals surface area contributed by atoms with Crippen LogP contribution in [0.5, 0.6) is 0 Å². The standard InChI is InChI=1S/C6H15N3/c1-5-6(4-7)9-3-2-8-5/h5-6,8-9H,2-4,7H2,1H3. The number of hydrogen-bond acceptors (Lipinski definition) is 3. The predicted molar refractivity (Wildman–Crippen MR) is 38.3 cm³/mol. The molecular formula is C6H15N3. The Labute approximate surface area is 56.0 Å². The molecule has 3 nitrogen and oxygen atoms in total. The van der Waals surface area contributed by atoms with Crippen LogP contribution in [0.15, 0.2) is 0 Å². The van der Waals surface area contributed by atoms with Crippen molar-refractivity contribution in [3.05, 3.63) is 0 Å². The van der Waals surface area contributed by atoms with E-state index >= 15 is 0 Å². The fraction of sp³-hybridized carbons (Fsp3) is 1.00. The zero-order valence-corrected chi connectivity index (χ0v) is 5.85. The highest BCUT2D eigenvalue weighted by atomic mass is 15.1. The van der Waals surface area contributed by atoms with E-state index in [1.165, 1.54) is 0 Å². The molecule has 9 heavy (non-hydrogen) atoms. The highest BCUT2D eigenvalue weighted by Crippen LogP contribution is 1.93. The van der Waals surface area contributed by atoms with Crippen LogP contribution < -0.4 is 16.4 Å². The molecule has 1 aliphatic heterocycles. The van der Waals surface area contributed by atoms with Gasteiger partial charge in [-0.1, -0.05) is 0 Å². The molecule has 0 aliphatic carbocycles. The molecule has 0 aromatic rings. The molecule has 0 aromatic heterocycles. The molecule has 1 rings (SSSR count). The quantitative estimate of drug-likeness (QED) is 0.421. The summed E-state index contributed by atoms with van der Waals surface area (Å²) in [5.74, 6) is 0. The van der Waals surface area contributed by atoms with E-state index < -0.39 is 0 Å². The van der Waals surface area contributed by atoms with Gasteiger partial charge in [-0.15, -0.1) is 0 Å². The molecule has 1 saturated heterocycles. The van der Waals surface area contributed by atoms with E-state index in [0.717, 1.165) is 19.6 Å². The molecule has 1 heterocycles. The van der Waals surface area contributed by atoms with Crippen LogP contribution in [0.25, 0.3) is 0 Å². The second-order valence-corrected chi connectivity index (χ2v) is 2.54. The van der Waals surface area contributed by atoms with Crippen molar-refractivity contribution in [2.24, 2.45) is 5.73 Å². The first-order chi connectivity index (χ1) is 4.34. The molecule has 4 N–H and O–H groups in total. The SMILES string of the molecule is CC1NCCNC1CN. The minimum absolute atomic E-state index is 0.471. The van der Waals surface area contributed by atoms with Crippen molar-refractivity contribution in [3.63, 3.8) is 0 Å². The molecule has 2 unspecified atom stereocenters. The van der Waals surface area contributed by atoms with Crippen LogP contribution in [0.2, 0.25) is 0 Å². The molecule has 54 valence electrons. The van der Waals surface area contributed by atoms with Crippen LogP contribution in [0.3, 0.4) is 0 Å². The van der Waals surface area contributed by atoms with Gasteiger partial charge in [0.1, 0.15) is 0 Å². The van der Waals surface area contributed by atoms with Gasteiger partial charge in [0, 0.05) is 31.7 Å². The third kappa shape index (κ3) is 1.64. The Kier molecular flexibility index (Phi) is 2.45. The van der Waals surface area contributed by atoms with Gasteiger partial charge in [0.05, 0.1) is 0 Å². The highest BCUT2D eigenvalue weighted by Gasteiger charge is 2.17. The van der Waals surface area contributed by atoms with Crippen molar-refractivity contribution in [2.75, 3.05) is 19.6 Å².